The van der Waals surface area contributed by atoms with Gasteiger partial charge >= 0.3 is 0 Å². The third-order valence-electron chi connectivity index (χ3n) is 1.49. The first-order valence-corrected chi connectivity index (χ1v) is 4.42. The van der Waals surface area contributed by atoms with Gasteiger partial charge in [0.2, 0.25) is 0 Å². The molecular formula is C12H11NO2. The van der Waals surface area contributed by atoms with E-state index in [9.17, 15) is 4.79 Å². The minimum absolute atomic E-state index is 0.545. The minimum atomic E-state index is 0.545. The fourth-order valence-corrected chi connectivity index (χ4v) is 0.806. The first kappa shape index (κ1) is 10.9. The van der Waals surface area contributed by atoms with Crippen LogP contribution in [-0.2, 0) is 0 Å². The zero-order chi connectivity index (χ0) is 10.8. The first-order chi connectivity index (χ1) is 7.43. The summed E-state index contributed by atoms with van der Waals surface area (Å²) >= 11 is 0. The molecule has 0 aliphatic heterocycles. The molecule has 15 heavy (non-hydrogen) atoms. The smallest absolute Gasteiger partial charge is 0.150 e. The zero-order valence-corrected chi connectivity index (χ0v) is 8.11. The van der Waals surface area contributed by atoms with Gasteiger partial charge in [-0.25, -0.2) is 0 Å². The summed E-state index contributed by atoms with van der Waals surface area (Å²) in [5.41, 5.74) is 0.545. The molecule has 0 radical (unpaired) electrons. The molecule has 1 aromatic rings. The molecule has 0 aromatic carbocycles. The molecule has 0 bridgehead atoms. The molecule has 0 unspecified atom stereocenters. The van der Waals surface area contributed by atoms with Crippen LogP contribution in [0.3, 0.4) is 0 Å². The average Bonchev–Trinajstić information content (AvgIpc) is 2.29. The number of rotatable bonds is 1. The van der Waals surface area contributed by atoms with Crippen molar-refractivity contribution in [2.75, 3.05) is 0 Å². The van der Waals surface area contributed by atoms with E-state index in [0.717, 1.165) is 6.29 Å². The summed E-state index contributed by atoms with van der Waals surface area (Å²) in [5.74, 6) is 0. The highest BCUT2D eigenvalue weighted by atomic mass is 16.3. The lowest BCUT2D eigenvalue weighted by Gasteiger charge is -1.77. The third-order valence-corrected chi connectivity index (χ3v) is 1.49. The van der Waals surface area contributed by atoms with Crippen LogP contribution in [0, 0.1) is 0 Å². The van der Waals surface area contributed by atoms with Gasteiger partial charge in [-0.1, -0.05) is 12.1 Å². The second-order valence-electron chi connectivity index (χ2n) is 2.58. The van der Waals surface area contributed by atoms with Crippen molar-refractivity contribution in [3.05, 3.63) is 66.9 Å². The fourth-order valence-electron chi connectivity index (χ4n) is 0.806. The third kappa shape index (κ3) is 5.21. The van der Waals surface area contributed by atoms with Crippen molar-refractivity contribution >= 4 is 6.29 Å². The van der Waals surface area contributed by atoms with Crippen LogP contribution in [0.25, 0.3) is 0 Å². The van der Waals surface area contributed by atoms with Gasteiger partial charge in [-0.15, -0.1) is 0 Å². The summed E-state index contributed by atoms with van der Waals surface area (Å²) in [6, 6.07) is 10.2. The number of hydrogen-bond acceptors (Lipinski definition) is 3. The second-order valence-corrected chi connectivity index (χ2v) is 2.58. The van der Waals surface area contributed by atoms with Gasteiger partial charge in [0, 0.05) is 18.0 Å². The van der Waals surface area contributed by atoms with Gasteiger partial charge in [0.15, 0.2) is 0 Å². The predicted octanol–water partition coefficient (Wildman–Crippen LogP) is 2.74. The monoisotopic (exact) mass is 201 g/mol. The molecule has 0 spiro atoms. The molecule has 0 saturated carbocycles. The zero-order valence-electron chi connectivity index (χ0n) is 8.11. The van der Waals surface area contributed by atoms with Crippen LogP contribution >= 0.6 is 0 Å². The van der Waals surface area contributed by atoms with Crippen molar-refractivity contribution < 1.29 is 9.21 Å². The van der Waals surface area contributed by atoms with Crippen molar-refractivity contribution in [1.29, 1.82) is 0 Å². The molecule has 0 aliphatic carbocycles. The Morgan fingerprint density at radius 2 is 1.80 bits per heavy atom. The van der Waals surface area contributed by atoms with Crippen LogP contribution in [0.15, 0.2) is 65.7 Å². The maximum absolute atomic E-state index is 10.6. The van der Waals surface area contributed by atoms with Gasteiger partial charge in [0.05, 0.1) is 12.5 Å². The fraction of sp³-hybridized carbons (Fsp3) is 0. The van der Waals surface area contributed by atoms with Crippen molar-refractivity contribution in [3.8, 4) is 0 Å². The van der Waals surface area contributed by atoms with E-state index >= 15 is 0 Å². The SMILES string of the molecule is O=Cc1ccccoccccncc1. The molecule has 76 valence electrons. The Bertz CT molecular complexity index is 375. The molecular weight excluding hydrogens is 190 g/mol. The van der Waals surface area contributed by atoms with E-state index in [0.29, 0.717) is 5.56 Å². The summed E-state index contributed by atoms with van der Waals surface area (Å²) in [7, 11) is 0. The highest BCUT2D eigenvalue weighted by Gasteiger charge is 1.78. The van der Waals surface area contributed by atoms with Gasteiger partial charge in [0.1, 0.15) is 6.29 Å². The Morgan fingerprint density at radius 3 is 2.60 bits per heavy atom. The van der Waals surface area contributed by atoms with E-state index in [1.165, 1.54) is 12.5 Å². The molecule has 3 heteroatoms. The number of hydrogen-bond donors (Lipinski definition) is 0. The molecule has 0 N–H and O–H groups in total. The molecule has 0 amide bonds. The van der Waals surface area contributed by atoms with Gasteiger partial charge < -0.3 is 4.42 Å². The first-order valence-electron chi connectivity index (χ1n) is 4.42. The molecule has 0 aliphatic rings. The number of aldehydes is 1. The maximum Gasteiger partial charge on any atom is 0.150 e. The van der Waals surface area contributed by atoms with Crippen molar-refractivity contribution in [1.82, 2.24) is 4.98 Å². The van der Waals surface area contributed by atoms with Crippen LogP contribution in [-0.4, -0.2) is 11.3 Å². The minimum Gasteiger partial charge on any atom is -0.473 e. The maximum atomic E-state index is 10.6. The lowest BCUT2D eigenvalue weighted by Crippen LogP contribution is -1.71. The summed E-state index contributed by atoms with van der Waals surface area (Å²) < 4.78 is 4.99. The highest BCUT2D eigenvalue weighted by Crippen LogP contribution is 1.87. The Balaban J connectivity index is 3.19. The Morgan fingerprint density at radius 1 is 1.00 bits per heavy atom. The lowest BCUT2D eigenvalue weighted by atomic mass is 10.3. The van der Waals surface area contributed by atoms with Crippen LogP contribution in [0.5, 0.6) is 0 Å². The molecule has 1 aromatic heterocycles. The lowest BCUT2D eigenvalue weighted by molar-refractivity contribution is 0.112. The Labute approximate surface area is 88.1 Å². The van der Waals surface area contributed by atoms with Crippen LogP contribution in [0.4, 0.5) is 0 Å². The summed E-state index contributed by atoms with van der Waals surface area (Å²) in [4.78, 5) is 14.5. The van der Waals surface area contributed by atoms with Crippen LogP contribution < -0.4 is 0 Å². The number of aromatic nitrogens is 1. The summed E-state index contributed by atoms with van der Waals surface area (Å²) in [6.45, 7) is 0. The van der Waals surface area contributed by atoms with Gasteiger partial charge in [-0.2, -0.15) is 0 Å². The molecule has 1 rings (SSSR count). The van der Waals surface area contributed by atoms with E-state index in [4.69, 9.17) is 4.42 Å². The van der Waals surface area contributed by atoms with Crippen LogP contribution in [0.1, 0.15) is 10.4 Å². The largest absolute Gasteiger partial charge is 0.473 e. The Hall–Kier alpha value is -2.16. The number of carbonyl (C=O) groups excluding carboxylic acids is 1. The van der Waals surface area contributed by atoms with Gasteiger partial charge in [0.25, 0.3) is 0 Å². The number of nitrogens with zero attached hydrogens (tertiary/aromatic N) is 1. The van der Waals surface area contributed by atoms with E-state index in [1.807, 2.05) is 0 Å². The van der Waals surface area contributed by atoms with E-state index in [2.05, 4.69) is 4.98 Å². The summed E-state index contributed by atoms with van der Waals surface area (Å²) in [5, 5.41) is 0. The van der Waals surface area contributed by atoms with E-state index in [-0.39, 0.29) is 0 Å². The van der Waals surface area contributed by atoms with Gasteiger partial charge in [-0.05, 0) is 24.3 Å². The quantitative estimate of drug-likeness (QED) is 0.656. The topological polar surface area (TPSA) is 43.1 Å². The molecule has 0 saturated heterocycles. The van der Waals surface area contributed by atoms with E-state index in [1.54, 1.807) is 48.8 Å². The molecule has 3 nitrogen and oxygen atoms in total. The van der Waals surface area contributed by atoms with Crippen molar-refractivity contribution in [2.45, 2.75) is 0 Å². The number of carbonyl (C=O) groups is 1. The highest BCUT2D eigenvalue weighted by molar-refractivity contribution is 5.73. The molecule has 0 atom stereocenters. The Kier molecular flexibility index (Phi) is 5.29. The average molecular weight is 201 g/mol. The molecule has 0 fully saturated rings. The van der Waals surface area contributed by atoms with Crippen LogP contribution in [0.2, 0.25) is 0 Å². The summed E-state index contributed by atoms with van der Waals surface area (Å²) in [6.07, 6.45) is 6.97. The molecule has 1 heterocycles. The predicted molar refractivity (Wildman–Crippen MR) is 57.1 cm³/mol. The van der Waals surface area contributed by atoms with Crippen molar-refractivity contribution in [2.24, 2.45) is 0 Å². The normalized spacial score (nSPS) is 8.27. The van der Waals surface area contributed by atoms with Gasteiger partial charge in [-0.3, -0.25) is 9.78 Å². The van der Waals surface area contributed by atoms with Crippen molar-refractivity contribution in [3.63, 3.8) is 0 Å². The van der Waals surface area contributed by atoms with E-state index < -0.39 is 0 Å². The standard InChI is InChI=1S/C12H11NO2/c14-11-12-5-1-3-9-15-10-4-2-7-13-8-6-12/h1-11H. The second kappa shape index (κ2) is 7.26.